The van der Waals surface area contributed by atoms with E-state index < -0.39 is 0 Å². The van der Waals surface area contributed by atoms with Crippen molar-refractivity contribution in [3.63, 3.8) is 0 Å². The van der Waals surface area contributed by atoms with Gasteiger partial charge in [-0.2, -0.15) is 0 Å². The van der Waals surface area contributed by atoms with Crippen LogP contribution in [0, 0.1) is 0 Å². The van der Waals surface area contributed by atoms with Crippen molar-refractivity contribution >= 4 is 15.9 Å². The molecular weight excluding hydrogens is 302 g/mol. The number of unbranched alkanes of at least 4 members (excludes halogenated alkanes) is 3. The molecule has 1 aromatic rings. The van der Waals surface area contributed by atoms with Crippen LogP contribution in [-0.2, 0) is 0 Å². The van der Waals surface area contributed by atoms with Crippen LogP contribution in [0.3, 0.4) is 0 Å². The third-order valence-electron chi connectivity index (χ3n) is 3.33. The molecule has 0 radical (unpaired) electrons. The first-order chi connectivity index (χ1) is 9.22. The zero-order valence-corrected chi connectivity index (χ0v) is 13.5. The fourth-order valence-corrected chi connectivity index (χ4v) is 2.71. The predicted molar refractivity (Wildman–Crippen MR) is 85.8 cm³/mol. The maximum Gasteiger partial charge on any atom is 0.119 e. The minimum absolute atomic E-state index is 0.369. The normalized spacial score (nSPS) is 12.2. The number of halogens is 1. The van der Waals surface area contributed by atoms with Crippen LogP contribution in [0.25, 0.3) is 0 Å². The molecule has 106 valence electrons. The molecule has 0 amide bonds. The monoisotopic (exact) mass is 325 g/mol. The SMILES string of the molecule is C=CCCCCCC(NC)c1cc(OC)ccc1Br. The molecule has 0 aliphatic carbocycles. The highest BCUT2D eigenvalue weighted by Crippen LogP contribution is 2.30. The summed E-state index contributed by atoms with van der Waals surface area (Å²) in [5, 5.41) is 3.40. The van der Waals surface area contributed by atoms with Crippen molar-refractivity contribution in [2.75, 3.05) is 14.2 Å². The maximum absolute atomic E-state index is 5.30. The molecule has 1 rings (SSSR count). The number of benzene rings is 1. The summed E-state index contributed by atoms with van der Waals surface area (Å²) in [6.45, 7) is 3.76. The summed E-state index contributed by atoms with van der Waals surface area (Å²) in [4.78, 5) is 0. The smallest absolute Gasteiger partial charge is 0.119 e. The third-order valence-corrected chi connectivity index (χ3v) is 4.05. The lowest BCUT2D eigenvalue weighted by Gasteiger charge is -2.19. The number of methoxy groups -OCH3 is 1. The van der Waals surface area contributed by atoms with E-state index in [2.05, 4.69) is 40.0 Å². The lowest BCUT2D eigenvalue weighted by Crippen LogP contribution is -2.16. The van der Waals surface area contributed by atoms with Gasteiger partial charge >= 0.3 is 0 Å². The molecule has 0 saturated heterocycles. The van der Waals surface area contributed by atoms with Crippen LogP contribution < -0.4 is 10.1 Å². The second-order valence-corrected chi connectivity index (χ2v) is 5.51. The highest BCUT2D eigenvalue weighted by Gasteiger charge is 2.13. The molecule has 19 heavy (non-hydrogen) atoms. The van der Waals surface area contributed by atoms with Gasteiger partial charge in [-0.15, -0.1) is 6.58 Å². The van der Waals surface area contributed by atoms with Crippen LogP contribution in [0.5, 0.6) is 5.75 Å². The molecule has 0 spiro atoms. The average molecular weight is 326 g/mol. The number of nitrogens with one attached hydrogen (secondary N) is 1. The van der Waals surface area contributed by atoms with Gasteiger partial charge in [0.05, 0.1) is 7.11 Å². The molecule has 3 heteroatoms. The summed E-state index contributed by atoms with van der Waals surface area (Å²) in [5.74, 6) is 0.908. The van der Waals surface area contributed by atoms with Gasteiger partial charge in [0.2, 0.25) is 0 Å². The van der Waals surface area contributed by atoms with E-state index in [1.165, 1.54) is 24.8 Å². The molecular formula is C16H24BrNO. The largest absolute Gasteiger partial charge is 0.497 e. The molecule has 1 N–H and O–H groups in total. The standard InChI is InChI=1S/C16H24BrNO/c1-4-5-6-7-8-9-16(18-2)14-12-13(19-3)10-11-15(14)17/h4,10-12,16,18H,1,5-9H2,2-3H3. The summed E-state index contributed by atoms with van der Waals surface area (Å²) in [6, 6.07) is 6.50. The van der Waals surface area contributed by atoms with Crippen molar-refractivity contribution in [1.29, 1.82) is 0 Å². The summed E-state index contributed by atoms with van der Waals surface area (Å²) in [5.41, 5.74) is 1.27. The van der Waals surface area contributed by atoms with Crippen molar-refractivity contribution < 1.29 is 4.74 Å². The van der Waals surface area contributed by atoms with Crippen molar-refractivity contribution in [2.24, 2.45) is 0 Å². The predicted octanol–water partition coefficient (Wildman–Crippen LogP) is 4.85. The van der Waals surface area contributed by atoms with Gasteiger partial charge in [-0.1, -0.05) is 34.8 Å². The van der Waals surface area contributed by atoms with Gasteiger partial charge in [0.15, 0.2) is 0 Å². The van der Waals surface area contributed by atoms with Crippen LogP contribution in [-0.4, -0.2) is 14.2 Å². The lowest BCUT2D eigenvalue weighted by molar-refractivity contribution is 0.412. The Balaban J connectivity index is 2.60. The zero-order valence-electron chi connectivity index (χ0n) is 11.9. The molecule has 0 heterocycles. The summed E-state index contributed by atoms with van der Waals surface area (Å²) in [6.07, 6.45) is 7.97. The summed E-state index contributed by atoms with van der Waals surface area (Å²) >= 11 is 3.63. The van der Waals surface area contributed by atoms with Crippen molar-refractivity contribution in [3.8, 4) is 5.75 Å². The van der Waals surface area contributed by atoms with Crippen LogP contribution in [0.4, 0.5) is 0 Å². The molecule has 1 aromatic carbocycles. The molecule has 2 nitrogen and oxygen atoms in total. The molecule has 1 atom stereocenters. The van der Waals surface area contributed by atoms with Crippen LogP contribution in [0.2, 0.25) is 0 Å². The molecule has 0 aliphatic heterocycles. The van der Waals surface area contributed by atoms with E-state index in [9.17, 15) is 0 Å². The first-order valence-corrected chi connectivity index (χ1v) is 7.63. The highest BCUT2D eigenvalue weighted by molar-refractivity contribution is 9.10. The average Bonchev–Trinajstić information content (AvgIpc) is 2.44. The van der Waals surface area contributed by atoms with Crippen molar-refractivity contribution in [2.45, 2.75) is 38.1 Å². The third kappa shape index (κ3) is 5.37. The fourth-order valence-electron chi connectivity index (χ4n) is 2.19. The quantitative estimate of drug-likeness (QED) is 0.517. The number of hydrogen-bond donors (Lipinski definition) is 1. The number of hydrogen-bond acceptors (Lipinski definition) is 2. The Hall–Kier alpha value is -0.800. The van der Waals surface area contributed by atoms with E-state index >= 15 is 0 Å². The second-order valence-electron chi connectivity index (χ2n) is 4.66. The molecule has 1 unspecified atom stereocenters. The van der Waals surface area contributed by atoms with E-state index in [0.717, 1.165) is 23.1 Å². The van der Waals surface area contributed by atoms with Gasteiger partial charge in [-0.25, -0.2) is 0 Å². The van der Waals surface area contributed by atoms with Crippen molar-refractivity contribution in [3.05, 3.63) is 40.9 Å². The van der Waals surface area contributed by atoms with E-state index in [4.69, 9.17) is 4.74 Å². The number of ether oxygens (including phenoxy) is 1. The van der Waals surface area contributed by atoms with Gasteiger partial charge < -0.3 is 10.1 Å². The Morgan fingerprint density at radius 1 is 1.37 bits per heavy atom. The fraction of sp³-hybridized carbons (Fsp3) is 0.500. The van der Waals surface area contributed by atoms with Crippen LogP contribution in [0.15, 0.2) is 35.3 Å². The van der Waals surface area contributed by atoms with Crippen LogP contribution in [0.1, 0.15) is 43.7 Å². The molecule has 0 aliphatic rings. The van der Waals surface area contributed by atoms with Gasteiger partial charge in [0.25, 0.3) is 0 Å². The first kappa shape index (κ1) is 16.3. The Morgan fingerprint density at radius 3 is 2.79 bits per heavy atom. The highest BCUT2D eigenvalue weighted by atomic mass is 79.9. The van der Waals surface area contributed by atoms with Gasteiger partial charge in [0, 0.05) is 10.5 Å². The van der Waals surface area contributed by atoms with Crippen molar-refractivity contribution in [1.82, 2.24) is 5.32 Å². The van der Waals surface area contributed by atoms with Gasteiger partial charge in [-0.3, -0.25) is 0 Å². The zero-order chi connectivity index (χ0) is 14.1. The Morgan fingerprint density at radius 2 is 2.16 bits per heavy atom. The Bertz CT molecular complexity index is 392. The second kappa shape index (κ2) is 9.16. The molecule has 0 aromatic heterocycles. The Kier molecular flexibility index (Phi) is 7.84. The maximum atomic E-state index is 5.30. The molecule has 0 fully saturated rings. The summed E-state index contributed by atoms with van der Waals surface area (Å²) in [7, 11) is 3.72. The van der Waals surface area contributed by atoms with E-state index in [1.54, 1.807) is 7.11 Å². The van der Waals surface area contributed by atoms with Gasteiger partial charge in [0.1, 0.15) is 5.75 Å². The van der Waals surface area contributed by atoms with E-state index in [1.807, 2.05) is 19.2 Å². The lowest BCUT2D eigenvalue weighted by atomic mass is 10.00. The first-order valence-electron chi connectivity index (χ1n) is 6.84. The van der Waals surface area contributed by atoms with Crippen LogP contribution >= 0.6 is 15.9 Å². The topological polar surface area (TPSA) is 21.3 Å². The van der Waals surface area contributed by atoms with E-state index in [0.29, 0.717) is 6.04 Å². The minimum atomic E-state index is 0.369. The van der Waals surface area contributed by atoms with Gasteiger partial charge in [-0.05, 0) is 50.1 Å². The Labute approximate surface area is 125 Å². The number of rotatable bonds is 9. The molecule has 0 saturated carbocycles. The summed E-state index contributed by atoms with van der Waals surface area (Å²) < 4.78 is 6.44. The number of allylic oxidation sites excluding steroid dienone is 1. The molecule has 0 bridgehead atoms. The minimum Gasteiger partial charge on any atom is -0.497 e. The van der Waals surface area contributed by atoms with E-state index in [-0.39, 0.29) is 0 Å².